The Kier molecular flexibility index (Phi) is 9.13. The zero-order valence-electron chi connectivity index (χ0n) is 21.7. The van der Waals surface area contributed by atoms with Crippen molar-refractivity contribution in [2.24, 2.45) is 40.7 Å². The highest BCUT2D eigenvalue weighted by Gasteiger charge is 2.48. The molecule has 35 heavy (non-hydrogen) atoms. The smallest absolute Gasteiger partial charge is 0.258 e. The largest absolute Gasteiger partial charge is 0.477 e. The maximum atomic E-state index is 13.4. The maximum Gasteiger partial charge on any atom is 0.258 e. The van der Waals surface area contributed by atoms with E-state index in [1.54, 1.807) is 10.9 Å². The summed E-state index contributed by atoms with van der Waals surface area (Å²) in [6, 6.07) is 0.270. The number of carbonyl (C=O) groups is 2. The number of carbonyl (C=O) groups excluding carboxylic acids is 2. The maximum absolute atomic E-state index is 13.4. The van der Waals surface area contributed by atoms with Crippen molar-refractivity contribution >= 4 is 24.2 Å². The van der Waals surface area contributed by atoms with Gasteiger partial charge < -0.3 is 21.1 Å². The van der Waals surface area contributed by atoms with Crippen LogP contribution in [0.5, 0.6) is 5.88 Å². The molecular formula is C26H44ClN5O3. The molecule has 0 radical (unpaired) electrons. The minimum absolute atomic E-state index is 0. The number of hydrogen-bond acceptors (Lipinski definition) is 5. The molecule has 0 aliphatic heterocycles. The van der Waals surface area contributed by atoms with Crippen molar-refractivity contribution in [1.82, 2.24) is 20.4 Å². The van der Waals surface area contributed by atoms with E-state index >= 15 is 0 Å². The molecule has 5 rings (SSSR count). The number of aromatic nitrogens is 2. The second-order valence-corrected chi connectivity index (χ2v) is 11.9. The van der Waals surface area contributed by atoms with Crippen molar-refractivity contribution in [2.75, 3.05) is 19.7 Å². The minimum Gasteiger partial charge on any atom is -0.477 e. The highest BCUT2D eigenvalue weighted by molar-refractivity contribution is 5.96. The molecule has 0 spiro atoms. The van der Waals surface area contributed by atoms with Crippen molar-refractivity contribution in [3.05, 3.63) is 11.8 Å². The summed E-state index contributed by atoms with van der Waals surface area (Å²) in [6.45, 7) is 9.86. The molecule has 8 nitrogen and oxygen atoms in total. The average Bonchev–Trinajstić information content (AvgIpc) is 3.19. The van der Waals surface area contributed by atoms with Crippen LogP contribution in [0.3, 0.4) is 0 Å². The van der Waals surface area contributed by atoms with Gasteiger partial charge in [0.15, 0.2) is 0 Å². The predicted octanol–water partition coefficient (Wildman–Crippen LogP) is 3.39. The summed E-state index contributed by atoms with van der Waals surface area (Å²) in [6.07, 6.45) is 8.63. The molecule has 2 amide bonds. The fraction of sp³-hybridized carbons (Fsp3) is 0.808. The number of hydrogen-bond donors (Lipinski definition) is 3. The van der Waals surface area contributed by atoms with Crippen molar-refractivity contribution in [2.45, 2.75) is 78.8 Å². The summed E-state index contributed by atoms with van der Waals surface area (Å²) >= 11 is 0. The molecule has 4 fully saturated rings. The molecule has 4 aliphatic carbocycles. The number of nitrogens with zero attached hydrogens (tertiary/aromatic N) is 2. The van der Waals surface area contributed by atoms with E-state index in [1.807, 2.05) is 13.8 Å². The van der Waals surface area contributed by atoms with E-state index in [2.05, 4.69) is 29.6 Å². The van der Waals surface area contributed by atoms with E-state index in [9.17, 15) is 9.59 Å². The minimum atomic E-state index is -0.584. The second kappa shape index (κ2) is 11.5. The van der Waals surface area contributed by atoms with Gasteiger partial charge in [-0.2, -0.15) is 5.10 Å². The Morgan fingerprint density at radius 3 is 2.37 bits per heavy atom. The van der Waals surface area contributed by atoms with Gasteiger partial charge in [-0.25, -0.2) is 4.68 Å². The third-order valence-corrected chi connectivity index (χ3v) is 8.11. The number of amides is 2. The third kappa shape index (κ3) is 6.31. The molecule has 0 saturated heterocycles. The van der Waals surface area contributed by atoms with Gasteiger partial charge in [0, 0.05) is 31.1 Å². The first-order valence-electron chi connectivity index (χ1n) is 13.2. The molecule has 0 atom stereocenters. The lowest BCUT2D eigenvalue weighted by atomic mass is 9.54. The number of rotatable bonds is 11. The molecule has 4 N–H and O–H groups in total. The van der Waals surface area contributed by atoms with Crippen molar-refractivity contribution in [3.63, 3.8) is 0 Å². The molecular weight excluding hydrogens is 466 g/mol. The lowest BCUT2D eigenvalue weighted by molar-refractivity contribution is -0.129. The fourth-order valence-corrected chi connectivity index (χ4v) is 6.40. The third-order valence-electron chi connectivity index (χ3n) is 8.11. The van der Waals surface area contributed by atoms with E-state index in [0.29, 0.717) is 61.9 Å². The average molecular weight is 510 g/mol. The quantitative estimate of drug-likeness (QED) is 0.423. The Labute approximate surface area is 215 Å². The first kappa shape index (κ1) is 27.8. The summed E-state index contributed by atoms with van der Waals surface area (Å²) in [5.41, 5.74) is 5.43. The molecule has 1 aromatic heterocycles. The monoisotopic (exact) mass is 509 g/mol. The lowest BCUT2D eigenvalue weighted by Gasteiger charge is -2.54. The first-order chi connectivity index (χ1) is 16.2. The highest BCUT2D eigenvalue weighted by atomic mass is 35.5. The van der Waals surface area contributed by atoms with Gasteiger partial charge in [-0.05, 0) is 68.1 Å². The number of ether oxygens (including phenoxy) is 1. The number of nitrogens with two attached hydrogens (primary N) is 1. The summed E-state index contributed by atoms with van der Waals surface area (Å²) in [5, 5.41) is 10.8. The summed E-state index contributed by atoms with van der Waals surface area (Å²) in [7, 11) is 0. The van der Waals surface area contributed by atoms with Gasteiger partial charge in [-0.15, -0.1) is 12.4 Å². The van der Waals surface area contributed by atoms with Crippen molar-refractivity contribution in [3.8, 4) is 5.88 Å². The van der Waals surface area contributed by atoms with Crippen LogP contribution in [0.2, 0.25) is 0 Å². The van der Waals surface area contributed by atoms with Crippen LogP contribution >= 0.6 is 12.4 Å². The molecule has 4 bridgehead atoms. The molecule has 4 aliphatic rings. The lowest BCUT2D eigenvalue weighted by Crippen LogP contribution is -2.55. The van der Waals surface area contributed by atoms with E-state index in [1.165, 1.54) is 32.1 Å². The SMILES string of the molecule is CC(C)COc1c(C(=O)NC2C3CC4CC(C3)CC2C4)cnn1CCC(C)(C)C(=O)NCCN.Cl. The van der Waals surface area contributed by atoms with Gasteiger partial charge >= 0.3 is 0 Å². The van der Waals surface area contributed by atoms with E-state index < -0.39 is 5.41 Å². The molecule has 1 heterocycles. The number of aryl methyl sites for hydroxylation is 1. The van der Waals surface area contributed by atoms with Gasteiger partial charge in [0.25, 0.3) is 5.91 Å². The normalized spacial score (nSPS) is 27.0. The van der Waals surface area contributed by atoms with Crippen LogP contribution in [-0.4, -0.2) is 47.3 Å². The van der Waals surface area contributed by atoms with Crippen LogP contribution in [0.1, 0.15) is 76.6 Å². The highest BCUT2D eigenvalue weighted by Crippen LogP contribution is 2.53. The number of halogens is 1. The Morgan fingerprint density at radius 2 is 1.80 bits per heavy atom. The zero-order valence-corrected chi connectivity index (χ0v) is 22.5. The standard InChI is InChI=1S/C26H43N5O3.ClH/c1-16(2)15-34-24-21(14-29-31(24)8-5-26(3,4)25(33)28-7-6-27)23(32)30-22-19-10-17-9-18(12-19)13-20(22)11-17;/h14,16-20,22H,5-13,15,27H2,1-4H3,(H,28,33)(H,30,32);1H. The van der Waals surface area contributed by atoms with E-state index in [0.717, 1.165) is 11.8 Å². The predicted molar refractivity (Wildman–Crippen MR) is 139 cm³/mol. The van der Waals surface area contributed by atoms with Crippen LogP contribution in [0, 0.1) is 35.0 Å². The molecule has 0 unspecified atom stereocenters. The van der Waals surface area contributed by atoms with E-state index in [-0.39, 0.29) is 30.3 Å². The zero-order chi connectivity index (χ0) is 24.5. The van der Waals surface area contributed by atoms with E-state index in [4.69, 9.17) is 10.5 Å². The Balaban J connectivity index is 0.00000342. The molecule has 198 valence electrons. The van der Waals surface area contributed by atoms with Gasteiger partial charge in [0.2, 0.25) is 11.8 Å². The van der Waals surface area contributed by atoms with Gasteiger partial charge in [0.05, 0.1) is 12.8 Å². The van der Waals surface area contributed by atoms with Crippen LogP contribution < -0.4 is 21.1 Å². The first-order valence-corrected chi connectivity index (χ1v) is 13.2. The van der Waals surface area contributed by atoms with Crippen LogP contribution in [0.4, 0.5) is 0 Å². The van der Waals surface area contributed by atoms with Gasteiger partial charge in [0.1, 0.15) is 5.56 Å². The Morgan fingerprint density at radius 1 is 1.17 bits per heavy atom. The van der Waals surface area contributed by atoms with Crippen LogP contribution in [0.25, 0.3) is 0 Å². The number of nitrogens with one attached hydrogen (secondary N) is 2. The fourth-order valence-electron chi connectivity index (χ4n) is 6.40. The van der Waals surface area contributed by atoms with Gasteiger partial charge in [-0.3, -0.25) is 9.59 Å². The summed E-state index contributed by atoms with van der Waals surface area (Å²) < 4.78 is 7.85. The van der Waals surface area contributed by atoms with Crippen LogP contribution in [-0.2, 0) is 11.3 Å². The van der Waals surface area contributed by atoms with Crippen molar-refractivity contribution < 1.29 is 14.3 Å². The summed E-state index contributed by atoms with van der Waals surface area (Å²) in [5.74, 6) is 3.68. The summed E-state index contributed by atoms with van der Waals surface area (Å²) in [4.78, 5) is 25.9. The second-order valence-electron chi connectivity index (χ2n) is 11.9. The molecule has 4 saturated carbocycles. The molecule has 0 aromatic carbocycles. The topological polar surface area (TPSA) is 111 Å². The van der Waals surface area contributed by atoms with Crippen LogP contribution in [0.15, 0.2) is 6.20 Å². The van der Waals surface area contributed by atoms with Gasteiger partial charge in [-0.1, -0.05) is 27.7 Å². The van der Waals surface area contributed by atoms with Crippen molar-refractivity contribution in [1.29, 1.82) is 0 Å². The molecule has 9 heteroatoms. The Hall–Kier alpha value is -1.80. The molecule has 1 aromatic rings. The Bertz CT molecular complexity index is 856.